The molecule has 0 aliphatic rings. The molecule has 17 heavy (non-hydrogen) atoms. The zero-order chi connectivity index (χ0) is 13.0. The van der Waals surface area contributed by atoms with E-state index in [2.05, 4.69) is 27.7 Å². The predicted molar refractivity (Wildman–Crippen MR) is 77.4 cm³/mol. The zero-order valence-corrected chi connectivity index (χ0v) is 11.7. The summed E-state index contributed by atoms with van der Waals surface area (Å²) < 4.78 is 0. The van der Waals surface area contributed by atoms with Gasteiger partial charge >= 0.3 is 0 Å². The number of hydrogen-bond acceptors (Lipinski definition) is 2. The molecule has 0 aromatic heterocycles. The van der Waals surface area contributed by atoms with Crippen LogP contribution in [0.4, 0.5) is 11.4 Å². The van der Waals surface area contributed by atoms with Crippen LogP contribution in [0.1, 0.15) is 56.4 Å². The first-order valence-electron chi connectivity index (χ1n) is 6.82. The molecular weight excluding hydrogens is 208 g/mol. The van der Waals surface area contributed by atoms with Crippen molar-refractivity contribution in [1.29, 1.82) is 0 Å². The summed E-state index contributed by atoms with van der Waals surface area (Å²) in [6, 6.07) is 0. The molecule has 0 atom stereocenters. The van der Waals surface area contributed by atoms with E-state index in [1.807, 2.05) is 0 Å². The summed E-state index contributed by atoms with van der Waals surface area (Å²) in [7, 11) is 0. The normalized spacial score (nSPS) is 10.8. The lowest BCUT2D eigenvalue weighted by molar-refractivity contribution is 0.875. The quantitative estimate of drug-likeness (QED) is 0.766. The number of anilines is 2. The third kappa shape index (κ3) is 2.41. The van der Waals surface area contributed by atoms with Crippen LogP contribution >= 0.6 is 0 Å². The van der Waals surface area contributed by atoms with Crippen LogP contribution in [0, 0.1) is 0 Å². The molecule has 0 amide bonds. The minimum Gasteiger partial charge on any atom is -0.398 e. The molecule has 2 heteroatoms. The molecule has 0 saturated carbocycles. The lowest BCUT2D eigenvalue weighted by Gasteiger charge is -2.21. The largest absolute Gasteiger partial charge is 0.398 e. The summed E-state index contributed by atoms with van der Waals surface area (Å²) >= 11 is 0. The van der Waals surface area contributed by atoms with Crippen LogP contribution in [-0.2, 0) is 25.7 Å². The Labute approximate surface area is 105 Å². The summed E-state index contributed by atoms with van der Waals surface area (Å²) in [5.74, 6) is 0. The van der Waals surface area contributed by atoms with Crippen LogP contribution in [-0.4, -0.2) is 0 Å². The van der Waals surface area contributed by atoms with Crippen molar-refractivity contribution in [2.45, 2.75) is 59.8 Å². The van der Waals surface area contributed by atoms with E-state index in [1.54, 1.807) is 0 Å². The standard InChI is InChI=1S/C15H26N2/c1-5-9-13-10(6-2)14(16)12(8-4)15(17)11(13)7-3/h5-9,16-17H2,1-4H3. The lowest BCUT2D eigenvalue weighted by Crippen LogP contribution is -2.11. The predicted octanol–water partition coefficient (Wildman–Crippen LogP) is 3.49. The molecule has 1 aromatic carbocycles. The molecule has 4 N–H and O–H groups in total. The van der Waals surface area contributed by atoms with Gasteiger partial charge in [-0.05, 0) is 47.9 Å². The molecule has 0 radical (unpaired) electrons. The molecule has 0 spiro atoms. The van der Waals surface area contributed by atoms with Gasteiger partial charge in [0, 0.05) is 11.4 Å². The van der Waals surface area contributed by atoms with E-state index >= 15 is 0 Å². The Morgan fingerprint density at radius 3 is 1.35 bits per heavy atom. The number of benzene rings is 1. The average Bonchev–Trinajstić information content (AvgIpc) is 2.31. The van der Waals surface area contributed by atoms with Crippen LogP contribution < -0.4 is 11.5 Å². The highest BCUT2D eigenvalue weighted by atomic mass is 14.6. The fourth-order valence-electron chi connectivity index (χ4n) is 2.76. The van der Waals surface area contributed by atoms with Crippen molar-refractivity contribution in [3.05, 3.63) is 22.3 Å². The number of nitrogen functional groups attached to an aromatic ring is 2. The maximum Gasteiger partial charge on any atom is 0.0402 e. The van der Waals surface area contributed by atoms with Crippen molar-refractivity contribution in [1.82, 2.24) is 0 Å². The Balaban J connectivity index is 3.56. The van der Waals surface area contributed by atoms with Gasteiger partial charge in [-0.2, -0.15) is 0 Å². The molecular formula is C15H26N2. The Morgan fingerprint density at radius 1 is 0.647 bits per heavy atom. The molecule has 0 heterocycles. The number of rotatable bonds is 5. The van der Waals surface area contributed by atoms with Crippen molar-refractivity contribution in [2.75, 3.05) is 11.5 Å². The smallest absolute Gasteiger partial charge is 0.0402 e. The van der Waals surface area contributed by atoms with Gasteiger partial charge in [-0.1, -0.05) is 34.1 Å². The van der Waals surface area contributed by atoms with Crippen LogP contribution in [0.3, 0.4) is 0 Å². The van der Waals surface area contributed by atoms with Gasteiger partial charge in [0.15, 0.2) is 0 Å². The first-order valence-corrected chi connectivity index (χ1v) is 6.82. The van der Waals surface area contributed by atoms with E-state index in [1.165, 1.54) is 16.7 Å². The highest BCUT2D eigenvalue weighted by Gasteiger charge is 2.17. The lowest BCUT2D eigenvalue weighted by atomic mass is 9.87. The van der Waals surface area contributed by atoms with Gasteiger partial charge in [-0.3, -0.25) is 0 Å². The van der Waals surface area contributed by atoms with Crippen molar-refractivity contribution < 1.29 is 0 Å². The Bertz CT molecular complexity index is 363. The fourth-order valence-corrected chi connectivity index (χ4v) is 2.76. The van der Waals surface area contributed by atoms with E-state index in [0.717, 1.165) is 49.0 Å². The van der Waals surface area contributed by atoms with Crippen molar-refractivity contribution in [2.24, 2.45) is 0 Å². The first-order chi connectivity index (χ1) is 8.12. The monoisotopic (exact) mass is 234 g/mol. The molecule has 0 saturated heterocycles. The van der Waals surface area contributed by atoms with E-state index in [4.69, 9.17) is 11.5 Å². The summed E-state index contributed by atoms with van der Waals surface area (Å²) in [4.78, 5) is 0. The minimum absolute atomic E-state index is 0.921. The number of hydrogen-bond donors (Lipinski definition) is 2. The zero-order valence-electron chi connectivity index (χ0n) is 11.7. The van der Waals surface area contributed by atoms with Gasteiger partial charge in [0.1, 0.15) is 0 Å². The second kappa shape index (κ2) is 5.95. The molecule has 96 valence electrons. The second-order valence-corrected chi connectivity index (χ2v) is 4.55. The summed E-state index contributed by atoms with van der Waals surface area (Å²) in [6.45, 7) is 8.69. The topological polar surface area (TPSA) is 52.0 Å². The van der Waals surface area contributed by atoms with Crippen LogP contribution in [0.2, 0.25) is 0 Å². The van der Waals surface area contributed by atoms with E-state index in [0.29, 0.717) is 0 Å². The Kier molecular flexibility index (Phi) is 4.86. The maximum atomic E-state index is 6.28. The highest BCUT2D eigenvalue weighted by Crippen LogP contribution is 2.34. The average molecular weight is 234 g/mol. The second-order valence-electron chi connectivity index (χ2n) is 4.55. The molecule has 0 unspecified atom stereocenters. The third-order valence-corrected chi connectivity index (χ3v) is 3.59. The molecule has 2 nitrogen and oxygen atoms in total. The summed E-state index contributed by atoms with van der Waals surface area (Å²) in [5, 5.41) is 0. The fraction of sp³-hybridized carbons (Fsp3) is 0.600. The summed E-state index contributed by atoms with van der Waals surface area (Å²) in [5.41, 5.74) is 19.7. The summed E-state index contributed by atoms with van der Waals surface area (Å²) in [6.07, 6.45) is 5.15. The van der Waals surface area contributed by atoms with Crippen LogP contribution in [0.5, 0.6) is 0 Å². The van der Waals surface area contributed by atoms with Crippen LogP contribution in [0.25, 0.3) is 0 Å². The molecule has 1 aromatic rings. The Hall–Kier alpha value is -1.18. The van der Waals surface area contributed by atoms with Crippen molar-refractivity contribution in [3.8, 4) is 0 Å². The first kappa shape index (κ1) is 13.9. The van der Waals surface area contributed by atoms with E-state index < -0.39 is 0 Å². The number of nitrogens with two attached hydrogens (primary N) is 2. The van der Waals surface area contributed by atoms with Gasteiger partial charge in [0.05, 0.1) is 0 Å². The van der Waals surface area contributed by atoms with Gasteiger partial charge in [0.25, 0.3) is 0 Å². The van der Waals surface area contributed by atoms with Gasteiger partial charge < -0.3 is 11.5 Å². The van der Waals surface area contributed by atoms with Gasteiger partial charge in [0.2, 0.25) is 0 Å². The van der Waals surface area contributed by atoms with E-state index in [9.17, 15) is 0 Å². The van der Waals surface area contributed by atoms with E-state index in [-0.39, 0.29) is 0 Å². The van der Waals surface area contributed by atoms with Crippen LogP contribution in [0.15, 0.2) is 0 Å². The molecule has 0 aliphatic heterocycles. The third-order valence-electron chi connectivity index (χ3n) is 3.59. The van der Waals surface area contributed by atoms with Crippen molar-refractivity contribution >= 4 is 11.4 Å². The maximum absolute atomic E-state index is 6.28. The van der Waals surface area contributed by atoms with Crippen molar-refractivity contribution in [3.63, 3.8) is 0 Å². The molecule has 0 bridgehead atoms. The molecule has 0 aliphatic carbocycles. The Morgan fingerprint density at radius 2 is 1.06 bits per heavy atom. The minimum atomic E-state index is 0.921. The van der Waals surface area contributed by atoms with Gasteiger partial charge in [-0.25, -0.2) is 0 Å². The SMILES string of the molecule is CCCc1c(CC)c(N)c(CC)c(N)c1CC. The van der Waals surface area contributed by atoms with Gasteiger partial charge in [-0.15, -0.1) is 0 Å². The molecule has 0 fully saturated rings. The highest BCUT2D eigenvalue weighted by molar-refractivity contribution is 5.72. The molecule has 1 rings (SSSR count).